The van der Waals surface area contributed by atoms with Crippen LogP contribution in [0.25, 0.3) is 11.1 Å². The molecule has 16 nitrogen and oxygen atoms in total. The Labute approximate surface area is 333 Å². The van der Waals surface area contributed by atoms with Crippen molar-refractivity contribution in [3.63, 3.8) is 0 Å². The lowest BCUT2D eigenvalue weighted by Crippen LogP contribution is -2.55. The monoisotopic (exact) mass is 807 g/mol. The number of carboxylic acid groups (broad SMARTS) is 1. The maximum Gasteiger partial charge on any atom is 0.305 e. The number of rotatable bonds is 20. The molecule has 58 heavy (non-hydrogen) atoms. The first-order valence-corrected chi connectivity index (χ1v) is 18.3. The normalized spacial score (nSPS) is 14.2. The van der Waals surface area contributed by atoms with E-state index in [1.807, 2.05) is 51.1 Å². The highest BCUT2D eigenvalue weighted by molar-refractivity contribution is 6.14. The van der Waals surface area contributed by atoms with Gasteiger partial charge in [-0.05, 0) is 41.7 Å². The average molecular weight is 808 g/mol. The molecular formula is C40H47F2N7O9. The molecule has 1 aliphatic rings. The van der Waals surface area contributed by atoms with E-state index in [0.29, 0.717) is 11.3 Å². The summed E-state index contributed by atoms with van der Waals surface area (Å²) in [6, 6.07) is 10.2. The lowest BCUT2D eigenvalue weighted by atomic mass is 9.82. The maximum absolute atomic E-state index is 15.1. The molecule has 18 heteroatoms. The number of nitrogens with one attached hydrogen (secondary N) is 3. The molecule has 4 rings (SSSR count). The van der Waals surface area contributed by atoms with Crippen LogP contribution in [0, 0.1) is 17.0 Å². The minimum Gasteiger partial charge on any atom is -0.481 e. The van der Waals surface area contributed by atoms with Crippen LogP contribution in [0.1, 0.15) is 50.9 Å². The zero-order valence-corrected chi connectivity index (χ0v) is 32.2. The number of carbonyl (C=O) groups is 7. The van der Waals surface area contributed by atoms with Crippen LogP contribution in [-0.4, -0.2) is 111 Å². The fourth-order valence-corrected chi connectivity index (χ4v) is 6.62. The van der Waals surface area contributed by atoms with Crippen LogP contribution in [0.2, 0.25) is 0 Å². The molecule has 1 aromatic heterocycles. The third-order valence-electron chi connectivity index (χ3n) is 9.28. The van der Waals surface area contributed by atoms with E-state index in [0.717, 1.165) is 40.8 Å². The molecule has 0 saturated carbocycles. The van der Waals surface area contributed by atoms with Crippen LogP contribution in [0.3, 0.4) is 0 Å². The van der Waals surface area contributed by atoms with Crippen molar-refractivity contribution in [1.29, 1.82) is 0 Å². The number of aliphatic hydroxyl groups excluding tert-OH is 1. The van der Waals surface area contributed by atoms with E-state index in [4.69, 9.17) is 5.73 Å². The molecule has 0 spiro atoms. The van der Waals surface area contributed by atoms with Gasteiger partial charge in [-0.25, -0.2) is 8.78 Å². The molecule has 2 aromatic carbocycles. The summed E-state index contributed by atoms with van der Waals surface area (Å²) in [7, 11) is 0. The third-order valence-corrected chi connectivity index (χ3v) is 9.28. The number of primary amides is 1. The van der Waals surface area contributed by atoms with Gasteiger partial charge in [-0.1, -0.05) is 51.1 Å². The van der Waals surface area contributed by atoms with E-state index in [-0.39, 0.29) is 38.2 Å². The Bertz CT molecular complexity index is 2030. The number of hydrogen-bond acceptors (Lipinski definition) is 9. The Morgan fingerprint density at radius 2 is 1.57 bits per heavy atom. The van der Waals surface area contributed by atoms with Crippen LogP contribution < -0.4 is 21.7 Å². The molecule has 3 atom stereocenters. The number of benzene rings is 2. The predicted octanol–water partition coefficient (Wildman–Crippen LogP) is 1.22. The van der Waals surface area contributed by atoms with Gasteiger partial charge in [-0.3, -0.25) is 43.8 Å². The number of aliphatic hydroxyl groups is 1. The number of aliphatic carboxylic acids is 1. The Morgan fingerprint density at radius 1 is 0.914 bits per heavy atom. The number of carboxylic acids is 1. The van der Waals surface area contributed by atoms with Crippen LogP contribution in [0.4, 0.5) is 8.78 Å². The minimum absolute atomic E-state index is 0.0242. The van der Waals surface area contributed by atoms with Gasteiger partial charge in [0.05, 0.1) is 24.5 Å². The molecule has 310 valence electrons. The van der Waals surface area contributed by atoms with Crippen molar-refractivity contribution in [2.75, 3.05) is 32.8 Å². The van der Waals surface area contributed by atoms with E-state index in [9.17, 15) is 48.2 Å². The van der Waals surface area contributed by atoms with Crippen molar-refractivity contribution in [2.24, 2.45) is 11.1 Å². The zero-order valence-electron chi connectivity index (χ0n) is 32.2. The summed E-state index contributed by atoms with van der Waals surface area (Å²) in [5, 5.41) is 27.4. The minimum atomic E-state index is -1.52. The highest BCUT2D eigenvalue weighted by Gasteiger charge is 2.38. The van der Waals surface area contributed by atoms with Gasteiger partial charge in [0.25, 0.3) is 11.8 Å². The number of imide groups is 1. The van der Waals surface area contributed by atoms with Gasteiger partial charge in [0.1, 0.15) is 24.8 Å². The molecule has 2 heterocycles. The molecular weight excluding hydrogens is 760 g/mol. The molecule has 0 unspecified atom stereocenters. The molecule has 0 saturated heterocycles. The molecule has 0 radical (unpaired) electrons. The Hall–Kier alpha value is -6.27. The van der Waals surface area contributed by atoms with Crippen LogP contribution in [-0.2, 0) is 40.1 Å². The lowest BCUT2D eigenvalue weighted by Gasteiger charge is -2.41. The van der Waals surface area contributed by atoms with Crippen molar-refractivity contribution in [2.45, 2.75) is 58.3 Å². The van der Waals surface area contributed by atoms with Crippen molar-refractivity contribution < 1.29 is 52.6 Å². The van der Waals surface area contributed by atoms with Crippen molar-refractivity contribution >= 4 is 41.4 Å². The Morgan fingerprint density at radius 3 is 2.17 bits per heavy atom. The highest BCUT2D eigenvalue weighted by Crippen LogP contribution is 2.41. The molecule has 7 N–H and O–H groups in total. The van der Waals surface area contributed by atoms with Gasteiger partial charge >= 0.3 is 5.97 Å². The first kappa shape index (κ1) is 44.4. The van der Waals surface area contributed by atoms with E-state index >= 15 is 4.39 Å². The molecule has 1 aliphatic heterocycles. The molecule has 0 fully saturated rings. The largest absolute Gasteiger partial charge is 0.481 e. The summed E-state index contributed by atoms with van der Waals surface area (Å²) in [6.45, 7) is 3.66. The molecule has 0 aliphatic carbocycles. The fourth-order valence-electron chi connectivity index (χ4n) is 6.62. The van der Waals surface area contributed by atoms with Crippen molar-refractivity contribution in [3.05, 3.63) is 95.8 Å². The van der Waals surface area contributed by atoms with Crippen LogP contribution in [0.5, 0.6) is 0 Å². The van der Waals surface area contributed by atoms with Gasteiger partial charge in [0.15, 0.2) is 0 Å². The summed E-state index contributed by atoms with van der Waals surface area (Å²) in [6.07, 6.45) is 2.65. The number of hydrogen-bond donors (Lipinski definition) is 6. The number of amides is 6. The molecule has 3 aromatic rings. The summed E-state index contributed by atoms with van der Waals surface area (Å²) in [5.41, 5.74) is 6.29. The van der Waals surface area contributed by atoms with Crippen LogP contribution in [0.15, 0.2) is 72.9 Å². The molecule has 0 bridgehead atoms. The number of carbonyl (C=O) groups excluding carboxylic acids is 6. The van der Waals surface area contributed by atoms with Gasteiger partial charge in [0, 0.05) is 61.3 Å². The summed E-state index contributed by atoms with van der Waals surface area (Å²) >= 11 is 0. The smallest absolute Gasteiger partial charge is 0.305 e. The number of nitrogens with zero attached hydrogens (tertiary/aromatic N) is 3. The average Bonchev–Trinajstić information content (AvgIpc) is 3.71. The predicted molar refractivity (Wildman–Crippen MR) is 205 cm³/mol. The highest BCUT2D eigenvalue weighted by atomic mass is 19.1. The van der Waals surface area contributed by atoms with Gasteiger partial charge in [-0.15, -0.1) is 0 Å². The maximum atomic E-state index is 15.1. The van der Waals surface area contributed by atoms with Crippen molar-refractivity contribution in [1.82, 2.24) is 30.3 Å². The quantitative estimate of drug-likeness (QED) is 0.0706. The van der Waals surface area contributed by atoms with Crippen molar-refractivity contribution in [3.8, 4) is 11.1 Å². The van der Waals surface area contributed by atoms with Gasteiger partial charge < -0.3 is 36.0 Å². The third kappa shape index (κ3) is 11.9. The summed E-state index contributed by atoms with van der Waals surface area (Å²) in [5.74, 6) is -7.31. The lowest BCUT2D eigenvalue weighted by molar-refractivity contribution is -0.141. The standard InChI is InChI=1S/C40H47F2N7O9/c1-40(2,3)37(31-17-25(27-18-26(41)9-10-28(27)42)21-47(31)20-24-7-5-4-6-8-24)48(35(54)23-50)16-13-29(46-30(38(43)57)19-36(55)56)39(58)45-15-14-44-32(51)22-49-33(52)11-12-34(49)53/h4-12,17-18,21,29-30,37,46,50H,13-16,19-20,22-23H2,1-3H3,(H2,43,57)(H,44,51)(H,45,58)(H,55,56)/t29-,30-,37-/m0/s1. The first-order chi connectivity index (χ1) is 27.4. The summed E-state index contributed by atoms with van der Waals surface area (Å²) in [4.78, 5) is 89.2. The fraction of sp³-hybridized carbons (Fsp3) is 0.375. The topological polar surface area (TPSA) is 233 Å². The van der Waals surface area contributed by atoms with E-state index in [2.05, 4.69) is 16.0 Å². The SMILES string of the molecule is CC(C)(C)[C@H](c1cc(-c2cc(F)ccc2F)cn1Cc1ccccc1)N(CC[C@H](N[C@@H](CC(=O)O)C(N)=O)C(=O)NCCNC(=O)CN1C(=O)C=CC1=O)C(=O)CO. The summed E-state index contributed by atoms with van der Waals surface area (Å²) < 4.78 is 31.3. The van der Waals surface area contributed by atoms with E-state index < -0.39 is 96.2 Å². The van der Waals surface area contributed by atoms with E-state index in [1.165, 1.54) is 4.90 Å². The second-order valence-electron chi connectivity index (χ2n) is 14.7. The van der Waals surface area contributed by atoms with E-state index in [1.54, 1.807) is 16.8 Å². The zero-order chi connectivity index (χ0) is 42.7. The van der Waals surface area contributed by atoms with Gasteiger partial charge in [-0.2, -0.15) is 0 Å². The number of halogens is 2. The van der Waals surface area contributed by atoms with Gasteiger partial charge in [0.2, 0.25) is 23.6 Å². The van der Waals surface area contributed by atoms with Crippen LogP contribution >= 0.6 is 0 Å². The number of nitrogens with two attached hydrogens (primary N) is 1. The molecule has 6 amide bonds. The first-order valence-electron chi connectivity index (χ1n) is 18.3. The second kappa shape index (κ2) is 19.7. The second-order valence-corrected chi connectivity index (χ2v) is 14.7. The Kier molecular flexibility index (Phi) is 15.1. The number of aromatic nitrogens is 1. The Balaban J connectivity index is 1.65.